The molecule has 0 aliphatic carbocycles. The van der Waals surface area contributed by atoms with Crippen molar-refractivity contribution < 1.29 is 19.0 Å². The molecule has 15 heavy (non-hydrogen) atoms. The van der Waals surface area contributed by atoms with Crippen LogP contribution in [-0.4, -0.2) is 26.8 Å². The van der Waals surface area contributed by atoms with Crippen LogP contribution in [0, 0.1) is 0 Å². The van der Waals surface area contributed by atoms with Gasteiger partial charge in [-0.05, 0) is 12.1 Å². The lowest BCUT2D eigenvalue weighted by atomic mass is 10.1. The smallest absolute Gasteiger partial charge is 0.338 e. The third kappa shape index (κ3) is 1.63. The molecule has 1 aromatic rings. The molecule has 1 aromatic carbocycles. The second-order valence-electron chi connectivity index (χ2n) is 3.25. The summed E-state index contributed by atoms with van der Waals surface area (Å²) in [6, 6.07) is 3.37. The highest BCUT2D eigenvalue weighted by molar-refractivity contribution is 5.90. The molecular formula is C11H12O4. The molecule has 0 unspecified atom stereocenters. The Kier molecular flexibility index (Phi) is 2.49. The summed E-state index contributed by atoms with van der Waals surface area (Å²) < 4.78 is 15.2. The Morgan fingerprint density at radius 3 is 2.87 bits per heavy atom. The lowest BCUT2D eigenvalue weighted by Gasteiger charge is -2.08. The maximum atomic E-state index is 11.3. The standard InChI is InChI=1S/C11H12O4/c1-13-9-5-7(11(12)14-2)6-10-8(9)3-4-15-10/h5-6H,3-4H2,1-2H3. The number of carbonyl (C=O) groups excluding carboxylic acids is 1. The molecule has 0 aromatic heterocycles. The largest absolute Gasteiger partial charge is 0.496 e. The van der Waals surface area contributed by atoms with E-state index in [0.29, 0.717) is 17.9 Å². The maximum absolute atomic E-state index is 11.3. The number of hydrogen-bond donors (Lipinski definition) is 0. The monoisotopic (exact) mass is 208 g/mol. The van der Waals surface area contributed by atoms with E-state index in [1.54, 1.807) is 19.2 Å². The Morgan fingerprint density at radius 2 is 2.20 bits per heavy atom. The van der Waals surface area contributed by atoms with Crippen LogP contribution in [0.25, 0.3) is 0 Å². The molecule has 0 N–H and O–H groups in total. The molecule has 0 saturated carbocycles. The van der Waals surface area contributed by atoms with E-state index in [1.807, 2.05) is 0 Å². The van der Waals surface area contributed by atoms with Gasteiger partial charge in [0, 0.05) is 12.0 Å². The minimum absolute atomic E-state index is 0.383. The molecule has 1 aliphatic heterocycles. The van der Waals surface area contributed by atoms with Crippen molar-refractivity contribution in [3.8, 4) is 11.5 Å². The van der Waals surface area contributed by atoms with Crippen LogP contribution in [0.4, 0.5) is 0 Å². The van der Waals surface area contributed by atoms with Gasteiger partial charge in [0.1, 0.15) is 11.5 Å². The highest BCUT2D eigenvalue weighted by atomic mass is 16.5. The van der Waals surface area contributed by atoms with Crippen molar-refractivity contribution in [2.24, 2.45) is 0 Å². The molecule has 0 bridgehead atoms. The van der Waals surface area contributed by atoms with Gasteiger partial charge in [-0.15, -0.1) is 0 Å². The molecule has 0 spiro atoms. The van der Waals surface area contributed by atoms with E-state index < -0.39 is 0 Å². The van der Waals surface area contributed by atoms with Gasteiger partial charge >= 0.3 is 5.97 Å². The van der Waals surface area contributed by atoms with E-state index >= 15 is 0 Å². The van der Waals surface area contributed by atoms with Crippen LogP contribution in [-0.2, 0) is 11.2 Å². The van der Waals surface area contributed by atoms with E-state index in [0.717, 1.165) is 17.7 Å². The van der Waals surface area contributed by atoms with Crippen molar-refractivity contribution in [1.82, 2.24) is 0 Å². The fourth-order valence-corrected chi connectivity index (χ4v) is 1.68. The van der Waals surface area contributed by atoms with E-state index in [2.05, 4.69) is 4.74 Å². The molecule has 0 atom stereocenters. The number of methoxy groups -OCH3 is 2. The summed E-state index contributed by atoms with van der Waals surface area (Å²) in [5, 5.41) is 0. The quantitative estimate of drug-likeness (QED) is 0.689. The van der Waals surface area contributed by atoms with Gasteiger partial charge in [0.2, 0.25) is 0 Å². The van der Waals surface area contributed by atoms with Crippen molar-refractivity contribution in [3.05, 3.63) is 23.3 Å². The van der Waals surface area contributed by atoms with Crippen molar-refractivity contribution >= 4 is 5.97 Å². The first kappa shape index (κ1) is 9.83. The van der Waals surface area contributed by atoms with Crippen molar-refractivity contribution in [2.45, 2.75) is 6.42 Å². The van der Waals surface area contributed by atoms with Gasteiger partial charge in [0.15, 0.2) is 0 Å². The van der Waals surface area contributed by atoms with Crippen molar-refractivity contribution in [2.75, 3.05) is 20.8 Å². The zero-order valence-electron chi connectivity index (χ0n) is 8.70. The van der Waals surface area contributed by atoms with E-state index in [-0.39, 0.29) is 5.97 Å². The summed E-state index contributed by atoms with van der Waals surface area (Å²) in [6.45, 7) is 0.635. The fraction of sp³-hybridized carbons (Fsp3) is 0.364. The van der Waals surface area contributed by atoms with E-state index in [9.17, 15) is 4.79 Å². The summed E-state index contributed by atoms with van der Waals surface area (Å²) in [4.78, 5) is 11.3. The minimum atomic E-state index is -0.383. The first-order valence-electron chi connectivity index (χ1n) is 4.68. The lowest BCUT2D eigenvalue weighted by Crippen LogP contribution is -2.02. The van der Waals surface area contributed by atoms with Gasteiger partial charge in [-0.3, -0.25) is 0 Å². The number of hydrogen-bond acceptors (Lipinski definition) is 4. The van der Waals surface area contributed by atoms with Crippen LogP contribution in [0.3, 0.4) is 0 Å². The average molecular weight is 208 g/mol. The summed E-state index contributed by atoms with van der Waals surface area (Å²) in [7, 11) is 2.93. The SMILES string of the molecule is COC(=O)c1cc(OC)c2c(c1)OCC2. The molecule has 0 fully saturated rings. The first-order valence-corrected chi connectivity index (χ1v) is 4.68. The second kappa shape index (κ2) is 3.81. The van der Waals surface area contributed by atoms with Crippen LogP contribution in [0.2, 0.25) is 0 Å². The molecule has 1 heterocycles. The topological polar surface area (TPSA) is 44.8 Å². The number of carbonyl (C=O) groups is 1. The predicted octanol–water partition coefficient (Wildman–Crippen LogP) is 1.42. The second-order valence-corrected chi connectivity index (χ2v) is 3.25. The third-order valence-electron chi connectivity index (χ3n) is 2.42. The van der Waals surface area contributed by atoms with Gasteiger partial charge in [0.05, 0.1) is 26.4 Å². The molecule has 0 amide bonds. The molecule has 0 saturated heterocycles. The third-order valence-corrected chi connectivity index (χ3v) is 2.42. The van der Waals surface area contributed by atoms with Gasteiger partial charge in [-0.1, -0.05) is 0 Å². The summed E-state index contributed by atoms with van der Waals surface area (Å²) in [5.74, 6) is 1.02. The molecule has 2 rings (SSSR count). The fourth-order valence-electron chi connectivity index (χ4n) is 1.68. The summed E-state index contributed by atoms with van der Waals surface area (Å²) in [6.07, 6.45) is 0.819. The van der Waals surface area contributed by atoms with Gasteiger partial charge in [-0.25, -0.2) is 4.79 Å². The summed E-state index contributed by atoms with van der Waals surface area (Å²) in [5.41, 5.74) is 1.47. The molecule has 80 valence electrons. The number of ether oxygens (including phenoxy) is 3. The van der Waals surface area contributed by atoms with E-state index in [1.165, 1.54) is 7.11 Å². The normalized spacial score (nSPS) is 12.9. The van der Waals surface area contributed by atoms with E-state index in [4.69, 9.17) is 9.47 Å². The number of esters is 1. The van der Waals surface area contributed by atoms with Gasteiger partial charge < -0.3 is 14.2 Å². The Hall–Kier alpha value is -1.71. The van der Waals surface area contributed by atoms with Crippen molar-refractivity contribution in [1.29, 1.82) is 0 Å². The zero-order chi connectivity index (χ0) is 10.8. The van der Waals surface area contributed by atoms with Crippen LogP contribution >= 0.6 is 0 Å². The Balaban J connectivity index is 2.48. The van der Waals surface area contributed by atoms with Crippen LogP contribution in [0.15, 0.2) is 12.1 Å². The number of rotatable bonds is 2. The highest BCUT2D eigenvalue weighted by Gasteiger charge is 2.20. The Bertz CT molecular complexity index is 398. The minimum Gasteiger partial charge on any atom is -0.496 e. The Labute approximate surface area is 87.8 Å². The molecule has 0 radical (unpaired) electrons. The zero-order valence-corrected chi connectivity index (χ0v) is 8.70. The lowest BCUT2D eigenvalue weighted by molar-refractivity contribution is 0.0600. The Morgan fingerprint density at radius 1 is 1.40 bits per heavy atom. The molecule has 4 heteroatoms. The van der Waals surface area contributed by atoms with Crippen LogP contribution < -0.4 is 9.47 Å². The van der Waals surface area contributed by atoms with Crippen molar-refractivity contribution in [3.63, 3.8) is 0 Å². The molecular weight excluding hydrogens is 196 g/mol. The van der Waals surface area contributed by atoms with Crippen LogP contribution in [0.5, 0.6) is 11.5 Å². The number of fused-ring (bicyclic) bond motifs is 1. The average Bonchev–Trinajstić information content (AvgIpc) is 2.74. The van der Waals surface area contributed by atoms with Crippen LogP contribution in [0.1, 0.15) is 15.9 Å². The molecule has 4 nitrogen and oxygen atoms in total. The first-order chi connectivity index (χ1) is 7.26. The number of benzene rings is 1. The van der Waals surface area contributed by atoms with Gasteiger partial charge in [-0.2, -0.15) is 0 Å². The highest BCUT2D eigenvalue weighted by Crippen LogP contribution is 2.34. The van der Waals surface area contributed by atoms with Gasteiger partial charge in [0.25, 0.3) is 0 Å². The molecule has 1 aliphatic rings. The maximum Gasteiger partial charge on any atom is 0.338 e. The predicted molar refractivity (Wildman–Crippen MR) is 53.5 cm³/mol. The summed E-state index contributed by atoms with van der Waals surface area (Å²) >= 11 is 0.